The Labute approximate surface area is 79.2 Å². The van der Waals surface area contributed by atoms with Crippen LogP contribution in [-0.2, 0) is 0 Å². The fourth-order valence-electron chi connectivity index (χ4n) is 1.36. The summed E-state index contributed by atoms with van der Waals surface area (Å²) in [6.07, 6.45) is -1.25. The first-order valence-corrected chi connectivity index (χ1v) is 4.00. The van der Waals surface area contributed by atoms with Gasteiger partial charge in [-0.15, -0.1) is 0 Å². The summed E-state index contributed by atoms with van der Waals surface area (Å²) in [5.74, 6) is -1.07. The summed E-state index contributed by atoms with van der Waals surface area (Å²) in [6, 6.07) is 2.25. The van der Waals surface area contributed by atoms with Crippen molar-refractivity contribution >= 4 is 5.78 Å². The Morgan fingerprint density at radius 1 is 1.36 bits per heavy atom. The number of phenolic OH excluding ortho intramolecular Hbond substituents is 2. The Hall–Kier alpha value is -1.75. The lowest BCUT2D eigenvalue weighted by molar-refractivity contribution is 0.0552. The molecule has 0 aliphatic carbocycles. The summed E-state index contributed by atoms with van der Waals surface area (Å²) in [4.78, 5) is 11.4. The molecule has 0 saturated heterocycles. The standard InChI is InChI=1S/C9H8O5/c10-4-1-5(11)8-7(2-4)14-3-6(12)9(8)13/h1-2,6,10-12H,3H2. The van der Waals surface area contributed by atoms with Crippen molar-refractivity contribution in [2.75, 3.05) is 6.61 Å². The molecule has 1 unspecified atom stereocenters. The van der Waals surface area contributed by atoms with Gasteiger partial charge in [0.1, 0.15) is 29.4 Å². The number of hydrogen-bond donors (Lipinski definition) is 3. The smallest absolute Gasteiger partial charge is 0.202 e. The van der Waals surface area contributed by atoms with Gasteiger partial charge in [-0.3, -0.25) is 4.79 Å². The second kappa shape index (κ2) is 2.88. The Kier molecular flexibility index (Phi) is 1.82. The number of fused-ring (bicyclic) bond motifs is 1. The predicted molar refractivity (Wildman–Crippen MR) is 45.6 cm³/mol. The first-order chi connectivity index (χ1) is 6.59. The van der Waals surface area contributed by atoms with Crippen molar-refractivity contribution in [2.24, 2.45) is 0 Å². The SMILES string of the molecule is O=C1c2c(O)cc(O)cc2OCC1O. The van der Waals surface area contributed by atoms with E-state index in [1.165, 1.54) is 6.07 Å². The zero-order valence-electron chi connectivity index (χ0n) is 7.10. The minimum Gasteiger partial charge on any atom is -0.508 e. The second-order valence-electron chi connectivity index (χ2n) is 3.03. The van der Waals surface area contributed by atoms with Crippen LogP contribution < -0.4 is 4.74 Å². The summed E-state index contributed by atoms with van der Waals surface area (Å²) < 4.78 is 4.98. The maximum absolute atomic E-state index is 11.4. The van der Waals surface area contributed by atoms with E-state index < -0.39 is 11.9 Å². The van der Waals surface area contributed by atoms with Crippen molar-refractivity contribution in [3.8, 4) is 17.2 Å². The molecule has 1 aliphatic rings. The molecule has 0 amide bonds. The number of hydrogen-bond acceptors (Lipinski definition) is 5. The minimum absolute atomic E-state index is 0.0819. The lowest BCUT2D eigenvalue weighted by atomic mass is 10.0. The number of ketones is 1. The van der Waals surface area contributed by atoms with Gasteiger partial charge >= 0.3 is 0 Å². The van der Waals surface area contributed by atoms with E-state index in [-0.39, 0.29) is 29.4 Å². The molecule has 74 valence electrons. The number of aromatic hydroxyl groups is 2. The van der Waals surface area contributed by atoms with Crippen molar-refractivity contribution in [2.45, 2.75) is 6.10 Å². The highest BCUT2D eigenvalue weighted by Gasteiger charge is 2.30. The van der Waals surface area contributed by atoms with Crippen molar-refractivity contribution in [3.63, 3.8) is 0 Å². The van der Waals surface area contributed by atoms with E-state index in [0.717, 1.165) is 6.07 Å². The van der Waals surface area contributed by atoms with Gasteiger partial charge in [0.25, 0.3) is 0 Å². The first kappa shape index (κ1) is 8.83. The van der Waals surface area contributed by atoms with Gasteiger partial charge in [0.15, 0.2) is 6.10 Å². The molecule has 0 radical (unpaired) electrons. The molecule has 5 heteroatoms. The van der Waals surface area contributed by atoms with Gasteiger partial charge < -0.3 is 20.1 Å². The van der Waals surface area contributed by atoms with E-state index in [1.807, 2.05) is 0 Å². The first-order valence-electron chi connectivity index (χ1n) is 4.00. The van der Waals surface area contributed by atoms with Crippen LogP contribution in [0.4, 0.5) is 0 Å². The highest BCUT2D eigenvalue weighted by Crippen LogP contribution is 2.35. The molecule has 1 aliphatic heterocycles. The maximum Gasteiger partial charge on any atom is 0.202 e. The lowest BCUT2D eigenvalue weighted by Gasteiger charge is -2.21. The molecule has 3 N–H and O–H groups in total. The molecule has 1 aromatic carbocycles. The van der Waals surface area contributed by atoms with Crippen LogP contribution in [-0.4, -0.2) is 33.8 Å². The Morgan fingerprint density at radius 2 is 2.07 bits per heavy atom. The van der Waals surface area contributed by atoms with E-state index in [0.29, 0.717) is 0 Å². The number of aliphatic hydroxyl groups is 1. The molecule has 1 aromatic rings. The van der Waals surface area contributed by atoms with E-state index in [1.54, 1.807) is 0 Å². The summed E-state index contributed by atoms with van der Waals surface area (Å²) in [5.41, 5.74) is -0.0819. The average molecular weight is 196 g/mol. The number of carbonyl (C=O) groups is 1. The van der Waals surface area contributed by atoms with Gasteiger partial charge in [0.05, 0.1) is 0 Å². The van der Waals surface area contributed by atoms with E-state index in [2.05, 4.69) is 0 Å². The van der Waals surface area contributed by atoms with Crippen LogP contribution in [0.1, 0.15) is 10.4 Å². The van der Waals surface area contributed by atoms with Crippen LogP contribution in [0, 0.1) is 0 Å². The van der Waals surface area contributed by atoms with Gasteiger partial charge in [-0.2, -0.15) is 0 Å². The molecule has 0 spiro atoms. The molecular formula is C9H8O5. The van der Waals surface area contributed by atoms with Crippen molar-refractivity contribution in [1.29, 1.82) is 0 Å². The largest absolute Gasteiger partial charge is 0.508 e. The fraction of sp³-hybridized carbons (Fsp3) is 0.222. The number of benzene rings is 1. The van der Waals surface area contributed by atoms with Crippen LogP contribution in [0.15, 0.2) is 12.1 Å². The lowest BCUT2D eigenvalue weighted by Crippen LogP contribution is -2.32. The van der Waals surface area contributed by atoms with E-state index in [4.69, 9.17) is 9.84 Å². The van der Waals surface area contributed by atoms with Crippen LogP contribution in [0.3, 0.4) is 0 Å². The Balaban J connectivity index is 2.60. The van der Waals surface area contributed by atoms with Gasteiger partial charge in [-0.1, -0.05) is 0 Å². The molecular weight excluding hydrogens is 188 g/mol. The molecule has 5 nitrogen and oxygen atoms in total. The summed E-state index contributed by atoms with van der Waals surface area (Å²) in [7, 11) is 0. The number of ether oxygens (including phenoxy) is 1. The molecule has 0 aromatic heterocycles. The molecule has 2 rings (SSSR count). The molecule has 0 saturated carbocycles. The maximum atomic E-state index is 11.4. The quantitative estimate of drug-likeness (QED) is 0.545. The highest BCUT2D eigenvalue weighted by atomic mass is 16.5. The van der Waals surface area contributed by atoms with Crippen LogP contribution >= 0.6 is 0 Å². The summed E-state index contributed by atoms with van der Waals surface area (Å²) in [5, 5.41) is 27.6. The zero-order chi connectivity index (χ0) is 10.3. The summed E-state index contributed by atoms with van der Waals surface area (Å²) in [6.45, 7) is -0.158. The van der Waals surface area contributed by atoms with Crippen molar-refractivity contribution < 1.29 is 24.9 Å². The average Bonchev–Trinajstić information content (AvgIpc) is 2.10. The molecule has 0 bridgehead atoms. The van der Waals surface area contributed by atoms with Crippen LogP contribution in [0.25, 0.3) is 0 Å². The van der Waals surface area contributed by atoms with Gasteiger partial charge in [0.2, 0.25) is 5.78 Å². The van der Waals surface area contributed by atoms with Crippen molar-refractivity contribution in [1.82, 2.24) is 0 Å². The topological polar surface area (TPSA) is 87.0 Å². The highest BCUT2D eigenvalue weighted by molar-refractivity contribution is 6.05. The third-order valence-corrected chi connectivity index (χ3v) is 2.01. The van der Waals surface area contributed by atoms with Crippen LogP contribution in [0.5, 0.6) is 17.2 Å². The van der Waals surface area contributed by atoms with E-state index in [9.17, 15) is 15.0 Å². The second-order valence-corrected chi connectivity index (χ2v) is 3.03. The van der Waals surface area contributed by atoms with Gasteiger partial charge in [0, 0.05) is 12.1 Å². The molecule has 14 heavy (non-hydrogen) atoms. The predicted octanol–water partition coefficient (Wildman–Crippen LogP) is 0.0338. The number of phenols is 2. The molecule has 1 heterocycles. The third kappa shape index (κ3) is 1.18. The van der Waals surface area contributed by atoms with Crippen molar-refractivity contribution in [3.05, 3.63) is 17.7 Å². The number of aliphatic hydroxyl groups excluding tert-OH is 1. The number of carbonyl (C=O) groups excluding carboxylic acids is 1. The number of rotatable bonds is 0. The summed E-state index contributed by atoms with van der Waals surface area (Å²) >= 11 is 0. The fourth-order valence-corrected chi connectivity index (χ4v) is 1.36. The molecule has 0 fully saturated rings. The van der Waals surface area contributed by atoms with Crippen LogP contribution in [0.2, 0.25) is 0 Å². The normalized spacial score (nSPS) is 20.1. The molecule has 1 atom stereocenters. The number of Topliss-reactive ketones (excluding diaryl/α,β-unsaturated/α-hetero) is 1. The van der Waals surface area contributed by atoms with Gasteiger partial charge in [-0.05, 0) is 0 Å². The zero-order valence-corrected chi connectivity index (χ0v) is 7.10. The van der Waals surface area contributed by atoms with Gasteiger partial charge in [-0.25, -0.2) is 0 Å². The Morgan fingerprint density at radius 3 is 2.79 bits per heavy atom. The Bertz CT molecular complexity index is 398. The minimum atomic E-state index is -1.25. The monoisotopic (exact) mass is 196 g/mol. The third-order valence-electron chi connectivity index (χ3n) is 2.01. The van der Waals surface area contributed by atoms with E-state index >= 15 is 0 Å².